The van der Waals surface area contributed by atoms with Gasteiger partial charge in [-0.05, 0) is 20.5 Å². The van der Waals surface area contributed by atoms with Crippen LogP contribution in [0.4, 0.5) is 0 Å². The number of hydrogen-bond donors (Lipinski definition) is 1. The van der Waals surface area contributed by atoms with E-state index in [0.29, 0.717) is 24.5 Å². The van der Waals surface area contributed by atoms with E-state index in [9.17, 15) is 4.79 Å². The summed E-state index contributed by atoms with van der Waals surface area (Å²) in [6.45, 7) is 3.87. The molecule has 0 radical (unpaired) electrons. The van der Waals surface area contributed by atoms with Crippen LogP contribution in [0.5, 0.6) is 5.75 Å². The second kappa shape index (κ2) is 8.01. The lowest BCUT2D eigenvalue weighted by molar-refractivity contribution is 0.0902. The van der Waals surface area contributed by atoms with Crippen molar-refractivity contribution in [3.8, 4) is 5.75 Å². The molecule has 0 aliphatic carbocycles. The lowest BCUT2D eigenvalue weighted by Crippen LogP contribution is -2.28. The van der Waals surface area contributed by atoms with Gasteiger partial charge in [-0.3, -0.25) is 9.48 Å². The lowest BCUT2D eigenvalue weighted by Gasteiger charge is -2.16. The number of ether oxygens (including phenoxy) is 1. The van der Waals surface area contributed by atoms with Crippen LogP contribution >= 0.6 is 0 Å². The third kappa shape index (κ3) is 4.05. The van der Waals surface area contributed by atoms with Gasteiger partial charge < -0.3 is 15.4 Å². The molecular formula is C14H26N4O2. The molecule has 6 heteroatoms. The molecule has 0 fully saturated rings. The smallest absolute Gasteiger partial charge is 0.188 e. The molecular weight excluding hydrogens is 256 g/mol. The first-order chi connectivity index (χ1) is 9.54. The fraction of sp³-hybridized carbons (Fsp3) is 0.714. The average Bonchev–Trinajstić information content (AvgIpc) is 2.84. The summed E-state index contributed by atoms with van der Waals surface area (Å²) >= 11 is 0. The number of methoxy groups -OCH3 is 1. The number of ketones is 1. The molecule has 1 unspecified atom stereocenters. The van der Waals surface area contributed by atoms with Crippen LogP contribution < -0.4 is 10.5 Å². The van der Waals surface area contributed by atoms with Crippen LogP contribution in [0.1, 0.15) is 30.3 Å². The van der Waals surface area contributed by atoms with Crippen molar-refractivity contribution in [2.75, 3.05) is 34.3 Å². The van der Waals surface area contributed by atoms with Crippen LogP contribution in [-0.4, -0.2) is 54.8 Å². The topological polar surface area (TPSA) is 73.4 Å². The summed E-state index contributed by atoms with van der Waals surface area (Å²) in [5.74, 6) is 0.398. The van der Waals surface area contributed by atoms with E-state index < -0.39 is 0 Å². The molecule has 0 bridgehead atoms. The average molecular weight is 282 g/mol. The number of nitrogens with zero attached hydrogens (tertiary/aromatic N) is 3. The third-order valence-corrected chi connectivity index (χ3v) is 3.31. The van der Waals surface area contributed by atoms with Crippen molar-refractivity contribution in [1.82, 2.24) is 14.7 Å². The van der Waals surface area contributed by atoms with Crippen LogP contribution in [0, 0.1) is 5.92 Å². The van der Waals surface area contributed by atoms with Gasteiger partial charge in [0.2, 0.25) is 0 Å². The lowest BCUT2D eigenvalue weighted by atomic mass is 9.96. The van der Waals surface area contributed by atoms with Crippen LogP contribution in [0.2, 0.25) is 0 Å². The summed E-state index contributed by atoms with van der Waals surface area (Å²) < 4.78 is 6.99. The summed E-state index contributed by atoms with van der Waals surface area (Å²) in [6, 6.07) is 0. The molecule has 0 aliphatic rings. The zero-order valence-corrected chi connectivity index (χ0v) is 12.9. The van der Waals surface area contributed by atoms with Crippen molar-refractivity contribution in [2.45, 2.75) is 26.3 Å². The van der Waals surface area contributed by atoms with Crippen LogP contribution in [0.25, 0.3) is 0 Å². The Bertz CT molecular complexity index is 429. The van der Waals surface area contributed by atoms with E-state index in [1.54, 1.807) is 18.0 Å². The van der Waals surface area contributed by atoms with Gasteiger partial charge in [0.25, 0.3) is 0 Å². The van der Waals surface area contributed by atoms with E-state index in [1.807, 2.05) is 14.1 Å². The van der Waals surface area contributed by atoms with E-state index in [0.717, 1.165) is 19.4 Å². The Morgan fingerprint density at radius 3 is 2.75 bits per heavy atom. The first-order valence-corrected chi connectivity index (χ1v) is 7.03. The van der Waals surface area contributed by atoms with Crippen LogP contribution in [-0.2, 0) is 6.54 Å². The summed E-state index contributed by atoms with van der Waals surface area (Å²) in [5.41, 5.74) is 6.27. The Kier molecular flexibility index (Phi) is 6.67. The second-order valence-electron chi connectivity index (χ2n) is 5.17. The molecule has 0 saturated heterocycles. The second-order valence-corrected chi connectivity index (χ2v) is 5.17. The molecule has 1 rings (SSSR count). The van der Waals surface area contributed by atoms with E-state index >= 15 is 0 Å². The molecule has 2 N–H and O–H groups in total. The van der Waals surface area contributed by atoms with Gasteiger partial charge in [0.15, 0.2) is 11.5 Å². The van der Waals surface area contributed by atoms with E-state index in [2.05, 4.69) is 16.9 Å². The van der Waals surface area contributed by atoms with Crippen LogP contribution in [0.15, 0.2) is 6.20 Å². The SMILES string of the molecule is CCCC(CN)C(=O)c1c(OC)cnn1CCN(C)C. The van der Waals surface area contributed by atoms with Crippen molar-refractivity contribution in [3.63, 3.8) is 0 Å². The highest BCUT2D eigenvalue weighted by atomic mass is 16.5. The van der Waals surface area contributed by atoms with Gasteiger partial charge in [0.1, 0.15) is 5.69 Å². The first kappa shape index (κ1) is 16.7. The maximum absolute atomic E-state index is 12.6. The Morgan fingerprint density at radius 1 is 1.55 bits per heavy atom. The zero-order chi connectivity index (χ0) is 15.1. The fourth-order valence-corrected chi connectivity index (χ4v) is 2.13. The molecule has 114 valence electrons. The van der Waals surface area contributed by atoms with Crippen molar-refractivity contribution in [2.24, 2.45) is 11.7 Å². The molecule has 1 atom stereocenters. The Labute approximate surface area is 120 Å². The summed E-state index contributed by atoms with van der Waals surface area (Å²) in [6.07, 6.45) is 3.32. The van der Waals surface area contributed by atoms with Crippen molar-refractivity contribution >= 4 is 5.78 Å². The normalized spacial score (nSPS) is 12.7. The van der Waals surface area contributed by atoms with Gasteiger partial charge in [-0.2, -0.15) is 5.10 Å². The predicted molar refractivity (Wildman–Crippen MR) is 79.1 cm³/mol. The quantitative estimate of drug-likeness (QED) is 0.684. The molecule has 0 spiro atoms. The molecule has 20 heavy (non-hydrogen) atoms. The molecule has 1 aromatic heterocycles. The Balaban J connectivity index is 3.00. The molecule has 0 amide bonds. The molecule has 0 aliphatic heterocycles. The number of hydrogen-bond acceptors (Lipinski definition) is 5. The molecule has 1 heterocycles. The van der Waals surface area contributed by atoms with Gasteiger partial charge in [-0.1, -0.05) is 13.3 Å². The minimum absolute atomic E-state index is 0.0301. The van der Waals surface area contributed by atoms with Crippen molar-refractivity contribution in [1.29, 1.82) is 0 Å². The number of Topliss-reactive ketones (excluding diaryl/α,β-unsaturated/α-hetero) is 1. The van der Waals surface area contributed by atoms with Crippen molar-refractivity contribution in [3.05, 3.63) is 11.9 Å². The largest absolute Gasteiger partial charge is 0.493 e. The Morgan fingerprint density at radius 2 is 2.25 bits per heavy atom. The van der Waals surface area contributed by atoms with Crippen LogP contribution in [0.3, 0.4) is 0 Å². The summed E-state index contributed by atoms with van der Waals surface area (Å²) in [4.78, 5) is 14.7. The van der Waals surface area contributed by atoms with Gasteiger partial charge in [-0.15, -0.1) is 0 Å². The van der Waals surface area contributed by atoms with E-state index in [4.69, 9.17) is 10.5 Å². The number of rotatable bonds is 9. The minimum Gasteiger partial charge on any atom is -0.493 e. The maximum atomic E-state index is 12.6. The Hall–Kier alpha value is -1.40. The highest BCUT2D eigenvalue weighted by Gasteiger charge is 2.25. The predicted octanol–water partition coefficient (Wildman–Crippen LogP) is 1.01. The first-order valence-electron chi connectivity index (χ1n) is 7.03. The number of aromatic nitrogens is 2. The number of nitrogens with two attached hydrogens (primary N) is 1. The van der Waals surface area contributed by atoms with Crippen molar-refractivity contribution < 1.29 is 9.53 Å². The standard InChI is InChI=1S/C14H26N4O2/c1-5-6-11(9-15)14(19)13-12(20-4)10-16-18(13)8-7-17(2)3/h10-11H,5-9,15H2,1-4H3. The van der Waals surface area contributed by atoms with Gasteiger partial charge in [-0.25, -0.2) is 0 Å². The van der Waals surface area contributed by atoms with E-state index in [-0.39, 0.29) is 11.7 Å². The highest BCUT2D eigenvalue weighted by Crippen LogP contribution is 2.23. The van der Waals surface area contributed by atoms with E-state index in [1.165, 1.54) is 0 Å². The van der Waals surface area contributed by atoms with Gasteiger partial charge >= 0.3 is 0 Å². The van der Waals surface area contributed by atoms with Gasteiger partial charge in [0, 0.05) is 19.0 Å². The molecule has 0 aromatic carbocycles. The number of carbonyl (C=O) groups is 1. The molecule has 6 nitrogen and oxygen atoms in total. The zero-order valence-electron chi connectivity index (χ0n) is 12.9. The minimum atomic E-state index is -0.163. The van der Waals surface area contributed by atoms with Gasteiger partial charge in [0.05, 0.1) is 19.9 Å². The third-order valence-electron chi connectivity index (χ3n) is 3.31. The number of carbonyl (C=O) groups excluding carboxylic acids is 1. The number of likely N-dealkylation sites (N-methyl/N-ethyl adjacent to an activating group) is 1. The fourth-order valence-electron chi connectivity index (χ4n) is 2.13. The maximum Gasteiger partial charge on any atom is 0.188 e. The molecule has 0 saturated carbocycles. The monoisotopic (exact) mass is 282 g/mol. The summed E-state index contributed by atoms with van der Waals surface area (Å²) in [7, 11) is 5.53. The highest BCUT2D eigenvalue weighted by molar-refractivity contribution is 5.98. The molecule has 1 aromatic rings. The summed E-state index contributed by atoms with van der Waals surface area (Å²) in [5, 5.41) is 4.26.